The molecule has 0 aliphatic rings. The summed E-state index contributed by atoms with van der Waals surface area (Å²) in [7, 11) is 0. The predicted octanol–water partition coefficient (Wildman–Crippen LogP) is 7.30. The predicted molar refractivity (Wildman–Crippen MR) is 120 cm³/mol. The minimum atomic E-state index is 0.437. The van der Waals surface area contributed by atoms with Crippen LogP contribution >= 0.6 is 11.3 Å². The standard InChI is InChI=1S/C25H20N2S/c1-16(2)20-15-23(26-21-13-7-6-11-18(20)21)19-12-8-14-22-24(19)28-25(27-22)17-9-4-3-5-10-17/h3-16H,1-2H3. The summed E-state index contributed by atoms with van der Waals surface area (Å²) in [5, 5.41) is 2.29. The minimum absolute atomic E-state index is 0.437. The first-order valence-electron chi connectivity index (χ1n) is 9.56. The Hall–Kier alpha value is -3.04. The second-order valence-electron chi connectivity index (χ2n) is 7.31. The van der Waals surface area contributed by atoms with E-state index < -0.39 is 0 Å². The summed E-state index contributed by atoms with van der Waals surface area (Å²) in [5.74, 6) is 0.437. The van der Waals surface area contributed by atoms with Crippen LogP contribution in [0.1, 0.15) is 25.3 Å². The molecule has 0 bridgehead atoms. The first kappa shape index (κ1) is 17.1. The minimum Gasteiger partial charge on any atom is -0.248 e. The van der Waals surface area contributed by atoms with Crippen LogP contribution in [0.25, 0.3) is 42.9 Å². The van der Waals surface area contributed by atoms with Gasteiger partial charge in [-0.2, -0.15) is 0 Å². The van der Waals surface area contributed by atoms with Crippen LogP contribution in [0.2, 0.25) is 0 Å². The number of fused-ring (bicyclic) bond motifs is 2. The van der Waals surface area contributed by atoms with Gasteiger partial charge < -0.3 is 0 Å². The van der Waals surface area contributed by atoms with Crippen LogP contribution in [0.3, 0.4) is 0 Å². The zero-order chi connectivity index (χ0) is 19.1. The lowest BCUT2D eigenvalue weighted by atomic mass is 9.96. The van der Waals surface area contributed by atoms with Crippen molar-refractivity contribution in [2.24, 2.45) is 0 Å². The number of rotatable bonds is 3. The maximum Gasteiger partial charge on any atom is 0.124 e. The molecule has 0 saturated heterocycles. The number of nitrogens with zero attached hydrogens (tertiary/aromatic N) is 2. The molecule has 0 aliphatic carbocycles. The number of hydrogen-bond donors (Lipinski definition) is 0. The Labute approximate surface area is 168 Å². The fourth-order valence-corrected chi connectivity index (χ4v) is 4.77. The van der Waals surface area contributed by atoms with Gasteiger partial charge in [0.2, 0.25) is 0 Å². The number of pyridine rings is 1. The van der Waals surface area contributed by atoms with Crippen molar-refractivity contribution < 1.29 is 0 Å². The molecule has 0 unspecified atom stereocenters. The molecule has 2 nitrogen and oxygen atoms in total. The van der Waals surface area contributed by atoms with Crippen LogP contribution in [0.15, 0.2) is 78.9 Å². The molecule has 5 aromatic rings. The molecule has 0 N–H and O–H groups in total. The normalized spacial score (nSPS) is 11.5. The molecule has 3 aromatic carbocycles. The molecule has 136 valence electrons. The summed E-state index contributed by atoms with van der Waals surface area (Å²) in [4.78, 5) is 9.88. The summed E-state index contributed by atoms with van der Waals surface area (Å²) in [6.45, 7) is 4.48. The van der Waals surface area contributed by atoms with Gasteiger partial charge in [-0.1, -0.05) is 74.5 Å². The van der Waals surface area contributed by atoms with Crippen LogP contribution in [-0.2, 0) is 0 Å². The number of thiazole rings is 1. The number of benzene rings is 3. The van der Waals surface area contributed by atoms with Crippen LogP contribution in [0.4, 0.5) is 0 Å². The summed E-state index contributed by atoms with van der Waals surface area (Å²) >= 11 is 1.74. The highest BCUT2D eigenvalue weighted by atomic mass is 32.1. The largest absolute Gasteiger partial charge is 0.248 e. The molecule has 0 saturated carbocycles. The second kappa shape index (κ2) is 6.84. The van der Waals surface area contributed by atoms with Gasteiger partial charge in [0.1, 0.15) is 5.01 Å². The third-order valence-corrected chi connectivity index (χ3v) is 6.24. The second-order valence-corrected chi connectivity index (χ2v) is 8.31. The van der Waals surface area contributed by atoms with Gasteiger partial charge in [-0.25, -0.2) is 9.97 Å². The fourth-order valence-electron chi connectivity index (χ4n) is 3.67. The Morgan fingerprint density at radius 3 is 2.32 bits per heavy atom. The Morgan fingerprint density at radius 1 is 0.750 bits per heavy atom. The Bertz CT molecular complexity index is 1290. The van der Waals surface area contributed by atoms with E-state index in [-0.39, 0.29) is 0 Å². The van der Waals surface area contributed by atoms with E-state index in [1.165, 1.54) is 15.6 Å². The molecule has 2 heterocycles. The zero-order valence-electron chi connectivity index (χ0n) is 15.9. The van der Waals surface area contributed by atoms with E-state index >= 15 is 0 Å². The molecule has 0 spiro atoms. The molecular weight excluding hydrogens is 360 g/mol. The van der Waals surface area contributed by atoms with Crippen LogP contribution in [0.5, 0.6) is 0 Å². The van der Waals surface area contributed by atoms with Crippen molar-refractivity contribution in [2.45, 2.75) is 19.8 Å². The topological polar surface area (TPSA) is 25.8 Å². The molecule has 0 fully saturated rings. The van der Waals surface area contributed by atoms with Gasteiger partial charge in [0.25, 0.3) is 0 Å². The van der Waals surface area contributed by atoms with E-state index in [1.807, 2.05) is 6.07 Å². The van der Waals surface area contributed by atoms with Gasteiger partial charge >= 0.3 is 0 Å². The Kier molecular flexibility index (Phi) is 4.18. The summed E-state index contributed by atoms with van der Waals surface area (Å²) < 4.78 is 1.19. The molecule has 0 atom stereocenters. The molecular formula is C25H20N2S. The van der Waals surface area contributed by atoms with Gasteiger partial charge in [-0.05, 0) is 29.7 Å². The first-order valence-corrected chi connectivity index (χ1v) is 10.4. The van der Waals surface area contributed by atoms with E-state index in [0.717, 1.165) is 32.9 Å². The maximum atomic E-state index is 5.00. The van der Waals surface area contributed by atoms with E-state index in [2.05, 4.69) is 86.6 Å². The molecule has 28 heavy (non-hydrogen) atoms. The SMILES string of the molecule is CC(C)c1cc(-c2cccc3nc(-c4ccccc4)sc23)nc2ccccc12. The average molecular weight is 381 g/mol. The average Bonchev–Trinajstić information content (AvgIpc) is 3.18. The number of para-hydroxylation sites is 1. The summed E-state index contributed by atoms with van der Waals surface area (Å²) in [5.41, 5.74) is 6.76. The van der Waals surface area contributed by atoms with Gasteiger partial charge in [0.15, 0.2) is 0 Å². The van der Waals surface area contributed by atoms with Gasteiger partial charge in [-0.3, -0.25) is 0 Å². The molecule has 5 rings (SSSR count). The molecule has 3 heteroatoms. The summed E-state index contributed by atoms with van der Waals surface area (Å²) in [6.07, 6.45) is 0. The lowest BCUT2D eigenvalue weighted by molar-refractivity contribution is 0.875. The first-order chi connectivity index (χ1) is 13.7. The van der Waals surface area contributed by atoms with E-state index in [9.17, 15) is 0 Å². The molecule has 0 amide bonds. The van der Waals surface area contributed by atoms with Crippen molar-refractivity contribution in [1.82, 2.24) is 9.97 Å². The lowest BCUT2D eigenvalue weighted by Crippen LogP contribution is -1.94. The van der Waals surface area contributed by atoms with Gasteiger partial charge in [0, 0.05) is 16.5 Å². The van der Waals surface area contributed by atoms with E-state index in [4.69, 9.17) is 9.97 Å². The summed E-state index contributed by atoms with van der Waals surface area (Å²) in [6, 6.07) is 27.4. The van der Waals surface area contributed by atoms with Crippen molar-refractivity contribution in [3.63, 3.8) is 0 Å². The molecule has 0 aliphatic heterocycles. The van der Waals surface area contributed by atoms with E-state index in [1.54, 1.807) is 11.3 Å². The molecule has 0 radical (unpaired) electrons. The number of aromatic nitrogens is 2. The van der Waals surface area contributed by atoms with Crippen LogP contribution in [-0.4, -0.2) is 9.97 Å². The highest BCUT2D eigenvalue weighted by Gasteiger charge is 2.15. The van der Waals surface area contributed by atoms with Crippen molar-refractivity contribution in [3.8, 4) is 21.8 Å². The Balaban J connectivity index is 1.74. The third-order valence-electron chi connectivity index (χ3n) is 5.08. The van der Waals surface area contributed by atoms with Crippen molar-refractivity contribution in [1.29, 1.82) is 0 Å². The van der Waals surface area contributed by atoms with Crippen LogP contribution < -0.4 is 0 Å². The highest BCUT2D eigenvalue weighted by Crippen LogP contribution is 2.38. The zero-order valence-corrected chi connectivity index (χ0v) is 16.7. The van der Waals surface area contributed by atoms with Crippen LogP contribution in [0, 0.1) is 0 Å². The quantitative estimate of drug-likeness (QED) is 0.328. The van der Waals surface area contributed by atoms with Gasteiger partial charge in [-0.15, -0.1) is 11.3 Å². The van der Waals surface area contributed by atoms with Crippen molar-refractivity contribution in [2.75, 3.05) is 0 Å². The van der Waals surface area contributed by atoms with E-state index in [0.29, 0.717) is 5.92 Å². The Morgan fingerprint density at radius 2 is 1.50 bits per heavy atom. The smallest absolute Gasteiger partial charge is 0.124 e. The highest BCUT2D eigenvalue weighted by molar-refractivity contribution is 7.22. The molecule has 2 aromatic heterocycles. The van der Waals surface area contributed by atoms with Crippen molar-refractivity contribution in [3.05, 3.63) is 84.4 Å². The van der Waals surface area contributed by atoms with Crippen molar-refractivity contribution >= 4 is 32.5 Å². The van der Waals surface area contributed by atoms with Gasteiger partial charge in [0.05, 0.1) is 21.4 Å². The maximum absolute atomic E-state index is 5.00. The number of hydrogen-bond acceptors (Lipinski definition) is 3. The fraction of sp³-hybridized carbons (Fsp3) is 0.120. The lowest BCUT2D eigenvalue weighted by Gasteiger charge is -2.13. The monoisotopic (exact) mass is 380 g/mol. The third kappa shape index (κ3) is 2.88.